The molecule has 0 aliphatic heterocycles. The standard InChI is InChI=1S/C13H16N6O2/c1-9-11(19(20)21)12(18-13(14-2)17-9)16-7-5-10-4-3-6-15-8-10/h3-4,6,8H,5,7H2,1-2H3,(H2,14,16,17,18). The number of anilines is 2. The zero-order chi connectivity index (χ0) is 15.2. The van der Waals surface area contributed by atoms with Gasteiger partial charge in [0.05, 0.1) is 4.92 Å². The Morgan fingerprint density at radius 2 is 2.19 bits per heavy atom. The number of nitrogens with zero attached hydrogens (tertiary/aromatic N) is 4. The number of nitro groups is 1. The SMILES string of the molecule is CNc1nc(C)c([N+](=O)[O-])c(NCCc2cccnc2)n1. The monoisotopic (exact) mass is 288 g/mol. The largest absolute Gasteiger partial charge is 0.364 e. The summed E-state index contributed by atoms with van der Waals surface area (Å²) in [5.41, 5.74) is 1.27. The molecule has 0 fully saturated rings. The smallest absolute Gasteiger partial charge is 0.332 e. The molecule has 110 valence electrons. The van der Waals surface area contributed by atoms with E-state index in [9.17, 15) is 10.1 Å². The molecule has 0 aliphatic carbocycles. The lowest BCUT2D eigenvalue weighted by Gasteiger charge is -2.09. The van der Waals surface area contributed by atoms with E-state index in [1.54, 1.807) is 26.4 Å². The second-order valence-corrected chi connectivity index (χ2v) is 4.37. The van der Waals surface area contributed by atoms with Crippen LogP contribution in [0.15, 0.2) is 24.5 Å². The lowest BCUT2D eigenvalue weighted by Crippen LogP contribution is -2.12. The van der Waals surface area contributed by atoms with Crippen molar-refractivity contribution in [2.24, 2.45) is 0 Å². The molecule has 0 radical (unpaired) electrons. The molecule has 0 atom stereocenters. The molecule has 0 amide bonds. The number of rotatable bonds is 6. The molecular formula is C13H16N6O2. The van der Waals surface area contributed by atoms with Gasteiger partial charge in [0.2, 0.25) is 11.8 Å². The number of pyridine rings is 1. The van der Waals surface area contributed by atoms with Crippen LogP contribution >= 0.6 is 0 Å². The van der Waals surface area contributed by atoms with Crippen LogP contribution in [0.2, 0.25) is 0 Å². The average molecular weight is 288 g/mol. The van der Waals surface area contributed by atoms with Crippen molar-refractivity contribution in [1.82, 2.24) is 15.0 Å². The van der Waals surface area contributed by atoms with E-state index in [1.165, 1.54) is 0 Å². The molecule has 2 aromatic rings. The Bertz CT molecular complexity index is 632. The number of aromatic nitrogens is 3. The molecule has 0 aliphatic rings. The van der Waals surface area contributed by atoms with E-state index in [-0.39, 0.29) is 11.5 Å². The van der Waals surface area contributed by atoms with Gasteiger partial charge in [-0.05, 0) is 25.0 Å². The first-order valence-corrected chi connectivity index (χ1v) is 6.45. The minimum absolute atomic E-state index is 0.0970. The molecule has 0 saturated carbocycles. The van der Waals surface area contributed by atoms with Gasteiger partial charge in [-0.15, -0.1) is 0 Å². The highest BCUT2D eigenvalue weighted by Gasteiger charge is 2.21. The van der Waals surface area contributed by atoms with E-state index < -0.39 is 4.92 Å². The maximum atomic E-state index is 11.1. The molecule has 0 spiro atoms. The molecule has 2 rings (SSSR count). The summed E-state index contributed by atoms with van der Waals surface area (Å²) in [4.78, 5) is 22.8. The van der Waals surface area contributed by atoms with Crippen molar-refractivity contribution < 1.29 is 4.92 Å². The molecule has 2 N–H and O–H groups in total. The molecule has 0 bridgehead atoms. The minimum atomic E-state index is -0.471. The molecule has 8 heteroatoms. The van der Waals surface area contributed by atoms with Crippen molar-refractivity contribution >= 4 is 17.5 Å². The van der Waals surface area contributed by atoms with Crippen LogP contribution in [0.25, 0.3) is 0 Å². The fourth-order valence-electron chi connectivity index (χ4n) is 1.89. The second kappa shape index (κ2) is 6.60. The Morgan fingerprint density at radius 3 is 2.81 bits per heavy atom. The molecule has 0 saturated heterocycles. The van der Waals surface area contributed by atoms with Crippen molar-refractivity contribution in [2.75, 3.05) is 24.2 Å². The van der Waals surface area contributed by atoms with E-state index in [2.05, 4.69) is 25.6 Å². The van der Waals surface area contributed by atoms with E-state index in [1.807, 2.05) is 12.1 Å². The molecule has 0 aromatic carbocycles. The summed E-state index contributed by atoms with van der Waals surface area (Å²) in [6.45, 7) is 2.11. The third-order valence-corrected chi connectivity index (χ3v) is 2.89. The van der Waals surface area contributed by atoms with Gasteiger partial charge in [-0.1, -0.05) is 6.07 Å². The van der Waals surface area contributed by atoms with Crippen LogP contribution in [-0.2, 0) is 6.42 Å². The summed E-state index contributed by atoms with van der Waals surface area (Å²) in [6.07, 6.45) is 4.16. The summed E-state index contributed by atoms with van der Waals surface area (Å²) in [6, 6.07) is 3.80. The van der Waals surface area contributed by atoms with Crippen molar-refractivity contribution in [3.05, 3.63) is 45.9 Å². The van der Waals surface area contributed by atoms with E-state index in [0.29, 0.717) is 24.6 Å². The minimum Gasteiger partial charge on any atom is -0.364 e. The number of hydrogen-bond acceptors (Lipinski definition) is 7. The highest BCUT2D eigenvalue weighted by Crippen LogP contribution is 2.26. The fourth-order valence-corrected chi connectivity index (χ4v) is 1.89. The van der Waals surface area contributed by atoms with E-state index >= 15 is 0 Å². The van der Waals surface area contributed by atoms with Gasteiger partial charge < -0.3 is 10.6 Å². The number of aryl methyl sites for hydroxylation is 1. The summed E-state index contributed by atoms with van der Waals surface area (Å²) in [5, 5.41) is 16.9. The zero-order valence-corrected chi connectivity index (χ0v) is 11.8. The summed E-state index contributed by atoms with van der Waals surface area (Å²) < 4.78 is 0. The van der Waals surface area contributed by atoms with Crippen LogP contribution in [0.4, 0.5) is 17.5 Å². The predicted molar refractivity (Wildman–Crippen MR) is 79.4 cm³/mol. The Hall–Kier alpha value is -2.77. The number of hydrogen-bond donors (Lipinski definition) is 2. The van der Waals surface area contributed by atoms with Gasteiger partial charge in [-0.3, -0.25) is 15.1 Å². The topological polar surface area (TPSA) is 106 Å². The van der Waals surface area contributed by atoms with Gasteiger partial charge in [-0.2, -0.15) is 4.98 Å². The van der Waals surface area contributed by atoms with Crippen molar-refractivity contribution in [3.63, 3.8) is 0 Å². The van der Waals surface area contributed by atoms with Crippen LogP contribution in [-0.4, -0.2) is 33.5 Å². The third-order valence-electron chi connectivity index (χ3n) is 2.89. The van der Waals surface area contributed by atoms with Gasteiger partial charge in [0, 0.05) is 26.0 Å². The van der Waals surface area contributed by atoms with Crippen LogP contribution in [0.3, 0.4) is 0 Å². The maximum absolute atomic E-state index is 11.1. The highest BCUT2D eigenvalue weighted by molar-refractivity contribution is 5.60. The van der Waals surface area contributed by atoms with Crippen LogP contribution in [0.1, 0.15) is 11.3 Å². The lowest BCUT2D eigenvalue weighted by atomic mass is 10.2. The summed E-state index contributed by atoms with van der Waals surface area (Å²) in [7, 11) is 1.67. The zero-order valence-electron chi connectivity index (χ0n) is 11.8. The molecular weight excluding hydrogens is 272 g/mol. The van der Waals surface area contributed by atoms with Gasteiger partial charge >= 0.3 is 5.69 Å². The lowest BCUT2D eigenvalue weighted by molar-refractivity contribution is -0.385. The number of nitrogens with one attached hydrogen (secondary N) is 2. The maximum Gasteiger partial charge on any atom is 0.332 e. The Morgan fingerprint density at radius 1 is 1.38 bits per heavy atom. The van der Waals surface area contributed by atoms with E-state index in [0.717, 1.165) is 5.56 Å². The summed E-state index contributed by atoms with van der Waals surface area (Å²) in [5.74, 6) is 0.572. The van der Waals surface area contributed by atoms with Gasteiger partial charge in [0.25, 0.3) is 0 Å². The first-order valence-electron chi connectivity index (χ1n) is 6.45. The van der Waals surface area contributed by atoms with Crippen LogP contribution in [0.5, 0.6) is 0 Å². The van der Waals surface area contributed by atoms with Crippen LogP contribution in [0, 0.1) is 17.0 Å². The Labute approximate surface area is 121 Å². The van der Waals surface area contributed by atoms with Crippen molar-refractivity contribution in [3.8, 4) is 0 Å². The van der Waals surface area contributed by atoms with Crippen molar-refractivity contribution in [2.45, 2.75) is 13.3 Å². The van der Waals surface area contributed by atoms with Crippen molar-refractivity contribution in [1.29, 1.82) is 0 Å². The normalized spacial score (nSPS) is 10.2. The third kappa shape index (κ3) is 3.62. The predicted octanol–water partition coefficient (Wildman–Crippen LogP) is 1.78. The van der Waals surface area contributed by atoms with Gasteiger partial charge in [0.15, 0.2) is 0 Å². The highest BCUT2D eigenvalue weighted by atomic mass is 16.6. The fraction of sp³-hybridized carbons (Fsp3) is 0.308. The molecule has 21 heavy (non-hydrogen) atoms. The first kappa shape index (κ1) is 14.6. The van der Waals surface area contributed by atoms with E-state index in [4.69, 9.17) is 0 Å². The van der Waals surface area contributed by atoms with Crippen LogP contribution < -0.4 is 10.6 Å². The summed E-state index contributed by atoms with van der Waals surface area (Å²) >= 11 is 0. The first-order chi connectivity index (χ1) is 10.1. The Balaban J connectivity index is 2.14. The molecule has 2 aromatic heterocycles. The molecule has 2 heterocycles. The average Bonchev–Trinajstić information content (AvgIpc) is 2.47. The molecule has 8 nitrogen and oxygen atoms in total. The quantitative estimate of drug-likeness (QED) is 0.616. The second-order valence-electron chi connectivity index (χ2n) is 4.37. The molecule has 0 unspecified atom stereocenters. The van der Waals surface area contributed by atoms with Gasteiger partial charge in [-0.25, -0.2) is 4.98 Å². The van der Waals surface area contributed by atoms with Gasteiger partial charge in [0.1, 0.15) is 5.69 Å². The Kier molecular flexibility index (Phi) is 4.60.